The van der Waals surface area contributed by atoms with Gasteiger partial charge in [-0.25, -0.2) is 9.37 Å². The predicted molar refractivity (Wildman–Crippen MR) is 101 cm³/mol. The maximum atomic E-state index is 13.2. The summed E-state index contributed by atoms with van der Waals surface area (Å²) in [6, 6.07) is 14.7. The first-order valence-corrected chi connectivity index (χ1v) is 9.06. The number of amides is 1. The zero-order valence-electron chi connectivity index (χ0n) is 15.0. The highest BCUT2D eigenvalue weighted by Crippen LogP contribution is 2.19. The molecule has 3 aromatic rings. The van der Waals surface area contributed by atoms with Gasteiger partial charge in [-0.05, 0) is 42.7 Å². The van der Waals surface area contributed by atoms with Crippen LogP contribution in [-0.4, -0.2) is 22.0 Å². The first kappa shape index (κ1) is 18.1. The van der Waals surface area contributed by atoms with Crippen molar-refractivity contribution in [1.82, 2.24) is 14.9 Å². The minimum Gasteiger partial charge on any atom is -0.356 e. The van der Waals surface area contributed by atoms with E-state index >= 15 is 0 Å². The summed E-state index contributed by atoms with van der Waals surface area (Å²) in [4.78, 5) is 15.7. The molecule has 26 heavy (non-hydrogen) atoms. The summed E-state index contributed by atoms with van der Waals surface area (Å²) in [7, 11) is 0. The Balaban J connectivity index is 1.70. The van der Waals surface area contributed by atoms with Crippen molar-refractivity contribution >= 4 is 16.9 Å². The lowest BCUT2D eigenvalue weighted by atomic mass is 10.1. The standard InChI is InChI=1S/C21H24FN3O/c1-16(26)23-14-6-2-3-9-21-24-19-7-4-5-8-20(19)25(21)15-17-10-12-18(22)13-11-17/h4-5,7-8,10-13H,2-3,6,9,14-15H2,1H3,(H,23,26). The normalized spacial score (nSPS) is 11.0. The van der Waals surface area contributed by atoms with Crippen LogP contribution < -0.4 is 5.32 Å². The number of hydrogen-bond donors (Lipinski definition) is 1. The fourth-order valence-electron chi connectivity index (χ4n) is 3.11. The van der Waals surface area contributed by atoms with E-state index in [9.17, 15) is 9.18 Å². The van der Waals surface area contributed by atoms with Crippen molar-refractivity contribution in [2.75, 3.05) is 6.54 Å². The molecule has 2 aromatic carbocycles. The smallest absolute Gasteiger partial charge is 0.216 e. The van der Waals surface area contributed by atoms with Gasteiger partial charge in [0, 0.05) is 26.4 Å². The summed E-state index contributed by atoms with van der Waals surface area (Å²) >= 11 is 0. The lowest BCUT2D eigenvalue weighted by molar-refractivity contribution is -0.118. The molecule has 0 radical (unpaired) electrons. The van der Waals surface area contributed by atoms with Crippen LogP contribution in [0.5, 0.6) is 0 Å². The Morgan fingerprint density at radius 1 is 1.08 bits per heavy atom. The number of carbonyl (C=O) groups is 1. The second-order valence-corrected chi connectivity index (χ2v) is 6.52. The number of nitrogens with one attached hydrogen (secondary N) is 1. The summed E-state index contributed by atoms with van der Waals surface area (Å²) in [5, 5.41) is 2.82. The van der Waals surface area contributed by atoms with Crippen molar-refractivity contribution in [2.24, 2.45) is 0 Å². The molecule has 0 saturated heterocycles. The van der Waals surface area contributed by atoms with E-state index in [0.717, 1.165) is 54.6 Å². The molecular formula is C21H24FN3O. The highest BCUT2D eigenvalue weighted by molar-refractivity contribution is 5.76. The summed E-state index contributed by atoms with van der Waals surface area (Å²) < 4.78 is 15.4. The van der Waals surface area contributed by atoms with Gasteiger partial charge in [0.05, 0.1) is 11.0 Å². The molecule has 3 rings (SSSR count). The molecule has 0 aliphatic rings. The average Bonchev–Trinajstić information content (AvgIpc) is 2.97. The molecule has 0 bridgehead atoms. The maximum Gasteiger partial charge on any atom is 0.216 e. The van der Waals surface area contributed by atoms with Crippen LogP contribution in [0.3, 0.4) is 0 Å². The van der Waals surface area contributed by atoms with E-state index in [1.54, 1.807) is 0 Å². The van der Waals surface area contributed by atoms with Gasteiger partial charge in [-0.15, -0.1) is 0 Å². The minimum absolute atomic E-state index is 0.0195. The van der Waals surface area contributed by atoms with E-state index < -0.39 is 0 Å². The van der Waals surface area contributed by atoms with Crippen molar-refractivity contribution in [2.45, 2.75) is 39.2 Å². The Kier molecular flexibility index (Phi) is 6.00. The fraction of sp³-hybridized carbons (Fsp3) is 0.333. The van der Waals surface area contributed by atoms with Gasteiger partial charge < -0.3 is 9.88 Å². The van der Waals surface area contributed by atoms with Crippen LogP contribution in [0.4, 0.5) is 4.39 Å². The zero-order chi connectivity index (χ0) is 18.4. The first-order valence-electron chi connectivity index (χ1n) is 9.06. The number of carbonyl (C=O) groups excluding carboxylic acids is 1. The molecule has 0 fully saturated rings. The SMILES string of the molecule is CC(=O)NCCCCCc1nc2ccccc2n1Cc1ccc(F)cc1. The summed E-state index contributed by atoms with van der Waals surface area (Å²) in [5.74, 6) is 0.852. The number of unbranched alkanes of at least 4 members (excludes halogenated alkanes) is 2. The number of halogens is 1. The van der Waals surface area contributed by atoms with Crippen LogP contribution in [0.2, 0.25) is 0 Å². The number of nitrogens with zero attached hydrogens (tertiary/aromatic N) is 2. The number of aryl methyl sites for hydroxylation is 1. The Hall–Kier alpha value is -2.69. The van der Waals surface area contributed by atoms with Crippen LogP contribution in [-0.2, 0) is 17.8 Å². The van der Waals surface area contributed by atoms with E-state index in [0.29, 0.717) is 6.54 Å². The van der Waals surface area contributed by atoms with E-state index in [2.05, 4.69) is 16.0 Å². The number of hydrogen-bond acceptors (Lipinski definition) is 2. The number of benzene rings is 2. The molecule has 1 N–H and O–H groups in total. The maximum absolute atomic E-state index is 13.2. The van der Waals surface area contributed by atoms with Gasteiger partial charge >= 0.3 is 0 Å². The van der Waals surface area contributed by atoms with Gasteiger partial charge in [-0.2, -0.15) is 0 Å². The molecule has 0 spiro atoms. The van der Waals surface area contributed by atoms with Gasteiger partial charge in [-0.1, -0.05) is 30.7 Å². The highest BCUT2D eigenvalue weighted by Gasteiger charge is 2.10. The van der Waals surface area contributed by atoms with Crippen LogP contribution in [0.15, 0.2) is 48.5 Å². The molecular weight excluding hydrogens is 329 g/mol. The fourth-order valence-corrected chi connectivity index (χ4v) is 3.11. The van der Waals surface area contributed by atoms with Gasteiger partial charge in [0.15, 0.2) is 0 Å². The average molecular weight is 353 g/mol. The van der Waals surface area contributed by atoms with E-state index in [4.69, 9.17) is 4.98 Å². The molecule has 1 aromatic heterocycles. The van der Waals surface area contributed by atoms with Crippen LogP contribution in [0.25, 0.3) is 11.0 Å². The van der Waals surface area contributed by atoms with Crippen molar-refractivity contribution in [1.29, 1.82) is 0 Å². The van der Waals surface area contributed by atoms with E-state index in [1.165, 1.54) is 19.1 Å². The Labute approximate surface area is 153 Å². The second-order valence-electron chi connectivity index (χ2n) is 6.52. The molecule has 4 nitrogen and oxygen atoms in total. The molecule has 0 atom stereocenters. The lowest BCUT2D eigenvalue weighted by Gasteiger charge is -2.10. The molecule has 0 aliphatic carbocycles. The Morgan fingerprint density at radius 3 is 2.62 bits per heavy atom. The Morgan fingerprint density at radius 2 is 1.85 bits per heavy atom. The third kappa shape index (κ3) is 4.69. The number of imidazole rings is 1. The van der Waals surface area contributed by atoms with Crippen molar-refractivity contribution < 1.29 is 9.18 Å². The first-order chi connectivity index (χ1) is 12.6. The molecule has 0 saturated carbocycles. The monoisotopic (exact) mass is 353 g/mol. The number of fused-ring (bicyclic) bond motifs is 1. The molecule has 0 unspecified atom stereocenters. The number of para-hydroxylation sites is 2. The highest BCUT2D eigenvalue weighted by atomic mass is 19.1. The number of aromatic nitrogens is 2. The largest absolute Gasteiger partial charge is 0.356 e. The summed E-state index contributed by atoms with van der Waals surface area (Å²) in [5.41, 5.74) is 3.15. The van der Waals surface area contributed by atoms with Crippen molar-refractivity contribution in [3.8, 4) is 0 Å². The predicted octanol–water partition coefficient (Wildman–Crippen LogP) is 4.07. The van der Waals surface area contributed by atoms with Crippen LogP contribution >= 0.6 is 0 Å². The number of rotatable bonds is 8. The summed E-state index contributed by atoms with van der Waals surface area (Å²) in [6.45, 7) is 2.95. The third-order valence-corrected chi connectivity index (χ3v) is 4.44. The van der Waals surface area contributed by atoms with Gasteiger partial charge in [0.25, 0.3) is 0 Å². The van der Waals surface area contributed by atoms with Crippen molar-refractivity contribution in [3.63, 3.8) is 0 Å². The quantitative estimate of drug-likeness (QED) is 0.621. The van der Waals surface area contributed by atoms with Crippen LogP contribution in [0.1, 0.15) is 37.6 Å². The minimum atomic E-state index is -0.219. The van der Waals surface area contributed by atoms with Gasteiger partial charge in [-0.3, -0.25) is 4.79 Å². The van der Waals surface area contributed by atoms with Gasteiger partial charge in [0.1, 0.15) is 11.6 Å². The van der Waals surface area contributed by atoms with Crippen LogP contribution in [0, 0.1) is 5.82 Å². The zero-order valence-corrected chi connectivity index (χ0v) is 15.0. The molecule has 136 valence electrons. The second kappa shape index (κ2) is 8.61. The lowest BCUT2D eigenvalue weighted by Crippen LogP contribution is -2.20. The topological polar surface area (TPSA) is 46.9 Å². The van der Waals surface area contributed by atoms with E-state index in [1.807, 2.05) is 30.3 Å². The van der Waals surface area contributed by atoms with E-state index in [-0.39, 0.29) is 11.7 Å². The molecule has 1 heterocycles. The molecule has 5 heteroatoms. The van der Waals surface area contributed by atoms with Crippen molar-refractivity contribution in [3.05, 3.63) is 65.7 Å². The van der Waals surface area contributed by atoms with Gasteiger partial charge in [0.2, 0.25) is 5.91 Å². The third-order valence-electron chi connectivity index (χ3n) is 4.44. The summed E-state index contributed by atoms with van der Waals surface area (Å²) in [6.07, 6.45) is 3.92. The molecule has 0 aliphatic heterocycles. The molecule has 1 amide bonds. The Bertz CT molecular complexity index is 871.